The highest BCUT2D eigenvalue weighted by Crippen LogP contribution is 1.93. The van der Waals surface area contributed by atoms with Gasteiger partial charge in [-0.05, 0) is 27.4 Å². The molecule has 0 aliphatic rings. The van der Waals surface area contributed by atoms with E-state index in [1.54, 1.807) is 0 Å². The van der Waals surface area contributed by atoms with Gasteiger partial charge in [0.1, 0.15) is 6.29 Å². The third-order valence-corrected chi connectivity index (χ3v) is 1.64. The Bertz CT molecular complexity index is 81.6. The van der Waals surface area contributed by atoms with Crippen LogP contribution in [0.4, 0.5) is 0 Å². The molecule has 0 aromatic heterocycles. The highest BCUT2D eigenvalue weighted by atomic mass is 16.1. The monoisotopic (exact) mass is 159 g/mol. The summed E-state index contributed by atoms with van der Waals surface area (Å²) in [4.78, 5) is 11.4. The van der Waals surface area contributed by atoms with E-state index in [0.29, 0.717) is 6.42 Å². The predicted molar refractivity (Wildman–Crippen MR) is 49.8 cm³/mol. The SMILES string of the molecule is CCC(C)N(C)C.CCC=O. The summed E-state index contributed by atoms with van der Waals surface area (Å²) in [5.41, 5.74) is 0. The fourth-order valence-electron chi connectivity index (χ4n) is 0.365. The van der Waals surface area contributed by atoms with Gasteiger partial charge in [0.05, 0.1) is 0 Å². The van der Waals surface area contributed by atoms with Crippen molar-refractivity contribution in [3.05, 3.63) is 0 Å². The van der Waals surface area contributed by atoms with Crippen molar-refractivity contribution >= 4 is 6.29 Å². The second-order valence-corrected chi connectivity index (χ2v) is 2.80. The molecule has 68 valence electrons. The lowest BCUT2D eigenvalue weighted by atomic mass is 10.2. The number of carbonyl (C=O) groups excluding carboxylic acids is 1. The molecule has 11 heavy (non-hydrogen) atoms. The molecule has 2 heteroatoms. The quantitative estimate of drug-likeness (QED) is 0.587. The van der Waals surface area contributed by atoms with E-state index in [1.165, 1.54) is 6.42 Å². The second-order valence-electron chi connectivity index (χ2n) is 2.80. The fraction of sp³-hybridized carbons (Fsp3) is 0.889. The second kappa shape index (κ2) is 9.63. The van der Waals surface area contributed by atoms with E-state index in [0.717, 1.165) is 12.3 Å². The zero-order valence-corrected chi connectivity index (χ0v) is 8.42. The van der Waals surface area contributed by atoms with Crippen LogP contribution in [0.1, 0.15) is 33.6 Å². The van der Waals surface area contributed by atoms with Crippen molar-refractivity contribution in [2.75, 3.05) is 14.1 Å². The van der Waals surface area contributed by atoms with E-state index in [9.17, 15) is 4.79 Å². The van der Waals surface area contributed by atoms with Crippen LogP contribution in [0.3, 0.4) is 0 Å². The smallest absolute Gasteiger partial charge is 0.119 e. The molecule has 0 rings (SSSR count). The van der Waals surface area contributed by atoms with Gasteiger partial charge in [0.2, 0.25) is 0 Å². The van der Waals surface area contributed by atoms with Crippen molar-refractivity contribution < 1.29 is 4.79 Å². The Morgan fingerprint density at radius 3 is 1.73 bits per heavy atom. The summed E-state index contributed by atoms with van der Waals surface area (Å²) in [5, 5.41) is 0. The third kappa shape index (κ3) is 12.8. The maximum atomic E-state index is 9.17. The van der Waals surface area contributed by atoms with Crippen LogP contribution in [-0.2, 0) is 4.79 Å². The number of carbonyl (C=O) groups is 1. The minimum Gasteiger partial charge on any atom is -0.307 e. The maximum Gasteiger partial charge on any atom is 0.119 e. The average Bonchev–Trinajstić information content (AvgIpc) is 2.03. The van der Waals surface area contributed by atoms with Gasteiger partial charge >= 0.3 is 0 Å². The molecule has 0 N–H and O–H groups in total. The summed E-state index contributed by atoms with van der Waals surface area (Å²) in [5.74, 6) is 0. The van der Waals surface area contributed by atoms with Crippen LogP contribution in [0.25, 0.3) is 0 Å². The minimum atomic E-state index is 0.639. The fourth-order valence-corrected chi connectivity index (χ4v) is 0.365. The van der Waals surface area contributed by atoms with Gasteiger partial charge < -0.3 is 9.69 Å². The standard InChI is InChI=1S/C6H15N.C3H6O/c1-5-6(2)7(3)4;1-2-3-4/h6H,5H2,1-4H3;3H,2H2,1H3. The first-order valence-corrected chi connectivity index (χ1v) is 4.20. The molecule has 1 atom stereocenters. The molecule has 1 unspecified atom stereocenters. The van der Waals surface area contributed by atoms with Gasteiger partial charge in [-0.1, -0.05) is 13.8 Å². The third-order valence-electron chi connectivity index (χ3n) is 1.64. The van der Waals surface area contributed by atoms with Crippen LogP contribution in [0, 0.1) is 0 Å². The first-order valence-electron chi connectivity index (χ1n) is 4.20. The van der Waals surface area contributed by atoms with E-state index in [4.69, 9.17) is 0 Å². The van der Waals surface area contributed by atoms with Crippen molar-refractivity contribution in [2.45, 2.75) is 39.7 Å². The molecule has 0 aliphatic carbocycles. The summed E-state index contributed by atoms with van der Waals surface area (Å²) in [6.45, 7) is 6.23. The van der Waals surface area contributed by atoms with E-state index in [1.807, 2.05) is 6.92 Å². The Morgan fingerprint density at radius 2 is 1.73 bits per heavy atom. The Hall–Kier alpha value is -0.370. The zero-order chi connectivity index (χ0) is 9.28. The van der Waals surface area contributed by atoms with Gasteiger partial charge in [-0.3, -0.25) is 0 Å². The molecule has 0 bridgehead atoms. The van der Waals surface area contributed by atoms with Crippen molar-refractivity contribution in [1.29, 1.82) is 0 Å². The summed E-state index contributed by atoms with van der Waals surface area (Å²) >= 11 is 0. The normalized spacial score (nSPS) is 11.8. The average molecular weight is 159 g/mol. The molecule has 2 nitrogen and oxygen atoms in total. The van der Waals surface area contributed by atoms with E-state index >= 15 is 0 Å². The summed E-state index contributed by atoms with van der Waals surface area (Å²) in [7, 11) is 4.21. The van der Waals surface area contributed by atoms with Crippen LogP contribution in [0.5, 0.6) is 0 Å². The Morgan fingerprint density at radius 1 is 1.36 bits per heavy atom. The van der Waals surface area contributed by atoms with Gasteiger partial charge in [-0.25, -0.2) is 0 Å². The molecule has 0 saturated carbocycles. The van der Waals surface area contributed by atoms with Gasteiger partial charge in [0.15, 0.2) is 0 Å². The molecular formula is C9H21NO. The number of hydrogen-bond acceptors (Lipinski definition) is 2. The zero-order valence-electron chi connectivity index (χ0n) is 8.42. The number of hydrogen-bond donors (Lipinski definition) is 0. The van der Waals surface area contributed by atoms with Gasteiger partial charge in [-0.2, -0.15) is 0 Å². The maximum absolute atomic E-state index is 9.17. The highest BCUT2D eigenvalue weighted by molar-refractivity contribution is 5.48. The van der Waals surface area contributed by atoms with E-state index in [2.05, 4.69) is 32.8 Å². The number of aldehydes is 1. The molecule has 0 amide bonds. The molecule has 0 heterocycles. The predicted octanol–water partition coefficient (Wildman–Crippen LogP) is 1.94. The van der Waals surface area contributed by atoms with Crippen LogP contribution < -0.4 is 0 Å². The topological polar surface area (TPSA) is 20.3 Å². The first-order chi connectivity index (χ1) is 5.09. The van der Waals surface area contributed by atoms with E-state index in [-0.39, 0.29) is 0 Å². The van der Waals surface area contributed by atoms with Crippen molar-refractivity contribution in [1.82, 2.24) is 4.90 Å². The number of nitrogens with zero attached hydrogens (tertiary/aromatic N) is 1. The van der Waals surface area contributed by atoms with E-state index < -0.39 is 0 Å². The molecule has 0 aromatic rings. The van der Waals surface area contributed by atoms with Gasteiger partial charge in [0, 0.05) is 12.5 Å². The molecule has 0 fully saturated rings. The lowest BCUT2D eigenvalue weighted by molar-refractivity contribution is -0.107. The minimum absolute atomic E-state index is 0.639. The van der Waals surface area contributed by atoms with Crippen LogP contribution in [-0.4, -0.2) is 31.3 Å². The Kier molecular flexibility index (Phi) is 11.6. The van der Waals surface area contributed by atoms with Crippen molar-refractivity contribution in [2.24, 2.45) is 0 Å². The lowest BCUT2D eigenvalue weighted by Crippen LogP contribution is -2.23. The first kappa shape index (κ1) is 13.2. The Balaban J connectivity index is 0. The molecular weight excluding hydrogens is 138 g/mol. The molecule has 0 saturated heterocycles. The molecule has 0 spiro atoms. The summed E-state index contributed by atoms with van der Waals surface area (Å²) in [6, 6.07) is 0.736. The Labute approximate surface area is 70.6 Å². The van der Waals surface area contributed by atoms with Gasteiger partial charge in [-0.15, -0.1) is 0 Å². The summed E-state index contributed by atoms with van der Waals surface area (Å²) < 4.78 is 0. The molecule has 0 radical (unpaired) electrons. The highest BCUT2D eigenvalue weighted by Gasteiger charge is 1.96. The number of rotatable bonds is 3. The largest absolute Gasteiger partial charge is 0.307 e. The van der Waals surface area contributed by atoms with Crippen molar-refractivity contribution in [3.8, 4) is 0 Å². The van der Waals surface area contributed by atoms with Crippen LogP contribution in [0.15, 0.2) is 0 Å². The lowest BCUT2D eigenvalue weighted by Gasteiger charge is -2.16. The van der Waals surface area contributed by atoms with Crippen LogP contribution >= 0.6 is 0 Å². The summed E-state index contributed by atoms with van der Waals surface area (Å²) in [6.07, 6.45) is 2.76. The molecule has 0 aromatic carbocycles. The van der Waals surface area contributed by atoms with Crippen molar-refractivity contribution in [3.63, 3.8) is 0 Å². The molecule has 0 aliphatic heterocycles. The van der Waals surface area contributed by atoms with Crippen LogP contribution in [0.2, 0.25) is 0 Å². The van der Waals surface area contributed by atoms with Gasteiger partial charge in [0.25, 0.3) is 0 Å².